The van der Waals surface area contributed by atoms with E-state index in [1.807, 2.05) is 0 Å². The predicted molar refractivity (Wildman–Crippen MR) is 76.7 cm³/mol. The summed E-state index contributed by atoms with van der Waals surface area (Å²) in [6, 6.07) is 2.39. The molecule has 1 aliphatic rings. The summed E-state index contributed by atoms with van der Waals surface area (Å²) in [7, 11) is -3.73. The number of nitrogens with zero attached hydrogens (tertiary/aromatic N) is 1. The van der Waals surface area contributed by atoms with Crippen LogP contribution in [0.2, 0.25) is 0 Å². The van der Waals surface area contributed by atoms with Crippen LogP contribution in [0.1, 0.15) is 49.6 Å². The molecule has 1 unspecified atom stereocenters. The van der Waals surface area contributed by atoms with Gasteiger partial charge in [0.1, 0.15) is 0 Å². The number of sulfonamides is 1. The Morgan fingerprint density at radius 3 is 2.76 bits per heavy atom. The van der Waals surface area contributed by atoms with Gasteiger partial charge in [-0.25, -0.2) is 13.2 Å². The SMILES string of the molecule is CCCC1CCCN(S(=O)(=O)c2ccc(C(=O)O)o2)CC1. The lowest BCUT2D eigenvalue weighted by atomic mass is 9.96. The summed E-state index contributed by atoms with van der Waals surface area (Å²) in [5.74, 6) is -1.05. The summed E-state index contributed by atoms with van der Waals surface area (Å²) >= 11 is 0. The number of carboxylic acid groups (broad SMARTS) is 1. The molecular formula is C14H21NO5S. The van der Waals surface area contributed by atoms with Gasteiger partial charge in [0.2, 0.25) is 10.9 Å². The van der Waals surface area contributed by atoms with Crippen molar-refractivity contribution >= 4 is 16.0 Å². The molecule has 0 amide bonds. The highest BCUT2D eigenvalue weighted by molar-refractivity contribution is 7.89. The maximum absolute atomic E-state index is 12.5. The van der Waals surface area contributed by atoms with Gasteiger partial charge >= 0.3 is 5.97 Å². The van der Waals surface area contributed by atoms with Crippen LogP contribution in [0, 0.1) is 5.92 Å². The zero-order valence-corrected chi connectivity index (χ0v) is 12.9. The van der Waals surface area contributed by atoms with Gasteiger partial charge in [0.25, 0.3) is 10.0 Å². The van der Waals surface area contributed by atoms with Crippen LogP contribution in [-0.2, 0) is 10.0 Å². The minimum atomic E-state index is -3.73. The van der Waals surface area contributed by atoms with Crippen LogP contribution in [-0.4, -0.2) is 36.9 Å². The molecule has 118 valence electrons. The Bertz CT molecular complexity index is 592. The van der Waals surface area contributed by atoms with Crippen molar-refractivity contribution in [3.63, 3.8) is 0 Å². The summed E-state index contributed by atoms with van der Waals surface area (Å²) in [6.07, 6.45) is 4.95. The van der Waals surface area contributed by atoms with E-state index in [0.717, 1.165) is 32.1 Å². The number of carbonyl (C=O) groups is 1. The molecule has 1 aromatic rings. The van der Waals surface area contributed by atoms with E-state index in [9.17, 15) is 13.2 Å². The van der Waals surface area contributed by atoms with Crippen LogP contribution in [0.3, 0.4) is 0 Å². The molecule has 1 atom stereocenters. The van der Waals surface area contributed by atoms with Gasteiger partial charge in [-0.3, -0.25) is 0 Å². The highest BCUT2D eigenvalue weighted by atomic mass is 32.2. The van der Waals surface area contributed by atoms with Crippen molar-refractivity contribution in [2.45, 2.75) is 44.1 Å². The molecule has 7 heteroatoms. The van der Waals surface area contributed by atoms with Crippen LogP contribution in [0.4, 0.5) is 0 Å². The number of furan rings is 1. The van der Waals surface area contributed by atoms with Crippen LogP contribution in [0.5, 0.6) is 0 Å². The number of carboxylic acids is 1. The molecule has 2 rings (SSSR count). The van der Waals surface area contributed by atoms with E-state index in [4.69, 9.17) is 9.52 Å². The zero-order chi connectivity index (χ0) is 15.5. The van der Waals surface area contributed by atoms with Crippen molar-refractivity contribution in [2.24, 2.45) is 5.92 Å². The highest BCUT2D eigenvalue weighted by Gasteiger charge is 2.30. The Labute approximate surface area is 124 Å². The maximum atomic E-state index is 12.5. The normalized spacial score (nSPS) is 21.1. The quantitative estimate of drug-likeness (QED) is 0.902. The monoisotopic (exact) mass is 315 g/mol. The van der Waals surface area contributed by atoms with Gasteiger partial charge in [-0.1, -0.05) is 19.8 Å². The standard InChI is InChI=1S/C14H21NO5S/c1-2-4-11-5-3-9-15(10-8-11)21(18,19)13-7-6-12(20-13)14(16)17/h6-7,11H,2-5,8-10H2,1H3,(H,16,17). The Morgan fingerprint density at radius 1 is 1.38 bits per heavy atom. The lowest BCUT2D eigenvalue weighted by Crippen LogP contribution is -2.31. The lowest BCUT2D eigenvalue weighted by Gasteiger charge is -2.18. The van der Waals surface area contributed by atoms with Crippen molar-refractivity contribution in [1.29, 1.82) is 0 Å². The van der Waals surface area contributed by atoms with Gasteiger partial charge in [0.05, 0.1) is 0 Å². The first-order valence-electron chi connectivity index (χ1n) is 7.28. The van der Waals surface area contributed by atoms with Crippen molar-refractivity contribution in [3.05, 3.63) is 17.9 Å². The van der Waals surface area contributed by atoms with Crippen molar-refractivity contribution in [1.82, 2.24) is 4.31 Å². The second-order valence-electron chi connectivity index (χ2n) is 5.41. The third-order valence-electron chi connectivity index (χ3n) is 3.89. The van der Waals surface area contributed by atoms with E-state index in [2.05, 4.69) is 6.92 Å². The fraction of sp³-hybridized carbons (Fsp3) is 0.643. The van der Waals surface area contributed by atoms with E-state index in [0.29, 0.717) is 19.0 Å². The number of hydrogen-bond acceptors (Lipinski definition) is 4. The summed E-state index contributed by atoms with van der Waals surface area (Å²) in [5.41, 5.74) is 0. The molecule has 0 aromatic carbocycles. The molecule has 1 aliphatic heterocycles. The van der Waals surface area contributed by atoms with E-state index in [-0.39, 0.29) is 10.9 Å². The van der Waals surface area contributed by atoms with Gasteiger partial charge in [0, 0.05) is 13.1 Å². The van der Waals surface area contributed by atoms with Gasteiger partial charge < -0.3 is 9.52 Å². The minimum Gasteiger partial charge on any atom is -0.475 e. The van der Waals surface area contributed by atoms with Gasteiger partial charge in [-0.15, -0.1) is 0 Å². The smallest absolute Gasteiger partial charge is 0.371 e. The molecule has 21 heavy (non-hydrogen) atoms. The molecule has 0 bridgehead atoms. The molecule has 1 fully saturated rings. The first-order chi connectivity index (χ1) is 9.95. The molecule has 6 nitrogen and oxygen atoms in total. The topological polar surface area (TPSA) is 87.8 Å². The van der Waals surface area contributed by atoms with Crippen LogP contribution in [0.15, 0.2) is 21.6 Å². The second kappa shape index (κ2) is 6.62. The summed E-state index contributed by atoms with van der Waals surface area (Å²) in [4.78, 5) is 10.8. The number of rotatable bonds is 5. The first-order valence-corrected chi connectivity index (χ1v) is 8.72. The van der Waals surface area contributed by atoms with Gasteiger partial charge in [-0.2, -0.15) is 4.31 Å². The molecule has 0 saturated carbocycles. The fourth-order valence-corrected chi connectivity index (χ4v) is 4.18. The Hall–Kier alpha value is -1.34. The van der Waals surface area contributed by atoms with E-state index in [1.165, 1.54) is 16.4 Å². The fourth-order valence-electron chi connectivity index (χ4n) is 2.78. The first kappa shape index (κ1) is 16.0. The molecule has 0 aliphatic carbocycles. The molecule has 0 spiro atoms. The summed E-state index contributed by atoms with van der Waals surface area (Å²) < 4.78 is 31.3. The Kier molecular flexibility index (Phi) is 5.05. The third kappa shape index (κ3) is 3.65. The van der Waals surface area contributed by atoms with E-state index >= 15 is 0 Å². The van der Waals surface area contributed by atoms with Crippen molar-refractivity contribution < 1.29 is 22.7 Å². The van der Waals surface area contributed by atoms with Gasteiger partial charge in [-0.05, 0) is 37.3 Å². The Balaban J connectivity index is 2.13. The minimum absolute atomic E-state index is 0.283. The molecule has 2 heterocycles. The van der Waals surface area contributed by atoms with Crippen LogP contribution >= 0.6 is 0 Å². The van der Waals surface area contributed by atoms with E-state index in [1.54, 1.807) is 0 Å². The maximum Gasteiger partial charge on any atom is 0.371 e. The third-order valence-corrected chi connectivity index (χ3v) is 5.66. The lowest BCUT2D eigenvalue weighted by molar-refractivity contribution is 0.0656. The molecule has 1 N–H and O–H groups in total. The molecule has 1 saturated heterocycles. The van der Waals surface area contributed by atoms with Crippen LogP contribution in [0.25, 0.3) is 0 Å². The average Bonchev–Trinajstić information content (AvgIpc) is 2.82. The number of hydrogen-bond donors (Lipinski definition) is 1. The van der Waals surface area contributed by atoms with E-state index < -0.39 is 16.0 Å². The van der Waals surface area contributed by atoms with Crippen molar-refractivity contribution in [3.8, 4) is 0 Å². The molecule has 1 aromatic heterocycles. The summed E-state index contributed by atoms with van der Waals surface area (Å²) in [6.45, 7) is 3.07. The largest absolute Gasteiger partial charge is 0.475 e. The number of aromatic carboxylic acids is 1. The van der Waals surface area contributed by atoms with Crippen molar-refractivity contribution in [2.75, 3.05) is 13.1 Å². The predicted octanol–water partition coefficient (Wildman–Crippen LogP) is 2.57. The molecule has 0 radical (unpaired) electrons. The summed E-state index contributed by atoms with van der Waals surface area (Å²) in [5, 5.41) is 8.53. The second-order valence-corrected chi connectivity index (χ2v) is 7.28. The molecular weight excluding hydrogens is 294 g/mol. The Morgan fingerprint density at radius 2 is 2.14 bits per heavy atom. The van der Waals surface area contributed by atoms with Crippen LogP contribution < -0.4 is 0 Å². The highest BCUT2D eigenvalue weighted by Crippen LogP contribution is 2.26. The zero-order valence-electron chi connectivity index (χ0n) is 12.1. The average molecular weight is 315 g/mol. The van der Waals surface area contributed by atoms with Gasteiger partial charge in [0.15, 0.2) is 0 Å².